The first-order chi connectivity index (χ1) is 9.43. The molecule has 0 fully saturated rings. The summed E-state index contributed by atoms with van der Waals surface area (Å²) in [6.07, 6.45) is 0. The summed E-state index contributed by atoms with van der Waals surface area (Å²) in [7, 11) is 1.69. The predicted molar refractivity (Wildman–Crippen MR) is 78.5 cm³/mol. The lowest BCUT2D eigenvalue weighted by Crippen LogP contribution is -2.19. The van der Waals surface area contributed by atoms with Crippen molar-refractivity contribution in [1.29, 1.82) is 0 Å². The van der Waals surface area contributed by atoms with E-state index in [0.29, 0.717) is 21.7 Å². The zero-order chi connectivity index (χ0) is 14.9. The molecule has 0 heterocycles. The van der Waals surface area contributed by atoms with Gasteiger partial charge >= 0.3 is 0 Å². The quantitative estimate of drug-likeness (QED) is 0.850. The van der Waals surface area contributed by atoms with E-state index < -0.39 is 11.9 Å². The summed E-state index contributed by atoms with van der Waals surface area (Å²) >= 11 is 11.8. The lowest BCUT2D eigenvalue weighted by atomic mass is 9.96. The highest BCUT2D eigenvalue weighted by atomic mass is 35.5. The van der Waals surface area contributed by atoms with Crippen molar-refractivity contribution in [1.82, 2.24) is 5.32 Å². The van der Waals surface area contributed by atoms with Gasteiger partial charge in [0.15, 0.2) is 0 Å². The summed E-state index contributed by atoms with van der Waals surface area (Å²) in [6, 6.07) is 6.82. The number of nitrogens with one attached hydrogen (secondary N) is 1. The molecule has 5 heteroatoms. The standard InChI is InChI=1S/C15H13Cl2F2N/c1-8-5-11(12(17)7-13(8)18)15(20-2)10-4-3-9(16)6-14(10)19/h3-7,15,20H,1-2H3. The molecule has 2 aromatic carbocycles. The normalized spacial score (nSPS) is 12.5. The molecule has 1 nitrogen and oxygen atoms in total. The molecule has 0 saturated carbocycles. The minimum absolute atomic E-state index is 0.252. The van der Waals surface area contributed by atoms with Gasteiger partial charge in [0.05, 0.1) is 6.04 Å². The third-order valence-electron chi connectivity index (χ3n) is 3.15. The average molecular weight is 316 g/mol. The molecule has 0 spiro atoms. The molecule has 0 amide bonds. The Morgan fingerprint density at radius 1 is 1.00 bits per heavy atom. The van der Waals surface area contributed by atoms with E-state index in [1.807, 2.05) is 0 Å². The number of aryl methyl sites for hydroxylation is 1. The maximum absolute atomic E-state index is 14.0. The van der Waals surface area contributed by atoms with Crippen LogP contribution in [0.3, 0.4) is 0 Å². The van der Waals surface area contributed by atoms with Gasteiger partial charge < -0.3 is 5.32 Å². The van der Waals surface area contributed by atoms with Crippen LogP contribution in [0.25, 0.3) is 0 Å². The van der Waals surface area contributed by atoms with Crippen molar-refractivity contribution in [2.45, 2.75) is 13.0 Å². The van der Waals surface area contributed by atoms with Gasteiger partial charge in [-0.05, 0) is 49.4 Å². The number of hydrogen-bond donors (Lipinski definition) is 1. The fraction of sp³-hybridized carbons (Fsp3) is 0.200. The van der Waals surface area contributed by atoms with Crippen LogP contribution in [0.4, 0.5) is 8.78 Å². The van der Waals surface area contributed by atoms with Gasteiger partial charge in [-0.2, -0.15) is 0 Å². The van der Waals surface area contributed by atoms with Gasteiger partial charge in [0, 0.05) is 15.6 Å². The van der Waals surface area contributed by atoms with Gasteiger partial charge in [0.2, 0.25) is 0 Å². The first-order valence-electron chi connectivity index (χ1n) is 6.01. The van der Waals surface area contributed by atoms with Crippen molar-refractivity contribution in [3.05, 3.63) is 68.7 Å². The van der Waals surface area contributed by atoms with Crippen LogP contribution in [-0.2, 0) is 0 Å². The van der Waals surface area contributed by atoms with Crippen LogP contribution in [-0.4, -0.2) is 7.05 Å². The van der Waals surface area contributed by atoms with Crippen LogP contribution in [0.5, 0.6) is 0 Å². The SMILES string of the molecule is CNC(c1ccc(Cl)cc1F)c1cc(C)c(F)cc1Cl. The van der Waals surface area contributed by atoms with Crippen LogP contribution in [0, 0.1) is 18.6 Å². The molecule has 20 heavy (non-hydrogen) atoms. The first-order valence-corrected chi connectivity index (χ1v) is 6.77. The Morgan fingerprint density at radius 2 is 1.70 bits per heavy atom. The average Bonchev–Trinajstić information content (AvgIpc) is 2.38. The number of hydrogen-bond acceptors (Lipinski definition) is 1. The van der Waals surface area contributed by atoms with Crippen molar-refractivity contribution in [3.63, 3.8) is 0 Å². The Morgan fingerprint density at radius 3 is 2.30 bits per heavy atom. The lowest BCUT2D eigenvalue weighted by Gasteiger charge is -2.20. The van der Waals surface area contributed by atoms with E-state index in [4.69, 9.17) is 23.2 Å². The molecule has 106 valence electrons. The van der Waals surface area contributed by atoms with Gasteiger partial charge in [0.25, 0.3) is 0 Å². The summed E-state index contributed by atoms with van der Waals surface area (Å²) in [5, 5.41) is 3.57. The summed E-state index contributed by atoms with van der Waals surface area (Å²) in [5.41, 5.74) is 1.48. The van der Waals surface area contributed by atoms with E-state index >= 15 is 0 Å². The van der Waals surface area contributed by atoms with Crippen LogP contribution in [0.1, 0.15) is 22.7 Å². The van der Waals surface area contributed by atoms with Crippen molar-refractivity contribution in [3.8, 4) is 0 Å². The Bertz CT molecular complexity index is 644. The minimum atomic E-state index is -0.473. The highest BCUT2D eigenvalue weighted by Gasteiger charge is 2.20. The Balaban J connectivity index is 2.55. The van der Waals surface area contributed by atoms with E-state index in [-0.39, 0.29) is 10.8 Å². The lowest BCUT2D eigenvalue weighted by molar-refractivity contribution is 0.574. The molecule has 0 aromatic heterocycles. The molecular weight excluding hydrogens is 303 g/mol. The Labute approximate surface area is 126 Å². The fourth-order valence-corrected chi connectivity index (χ4v) is 2.53. The van der Waals surface area contributed by atoms with Crippen molar-refractivity contribution in [2.24, 2.45) is 0 Å². The second-order valence-electron chi connectivity index (χ2n) is 4.51. The molecule has 0 aliphatic rings. The molecule has 0 aliphatic heterocycles. The zero-order valence-corrected chi connectivity index (χ0v) is 12.5. The topological polar surface area (TPSA) is 12.0 Å². The fourth-order valence-electron chi connectivity index (χ4n) is 2.11. The van der Waals surface area contributed by atoms with Crippen LogP contribution < -0.4 is 5.32 Å². The summed E-state index contributed by atoms with van der Waals surface area (Å²) in [5.74, 6) is -0.819. The number of rotatable bonds is 3. The van der Waals surface area contributed by atoms with Gasteiger partial charge in [-0.1, -0.05) is 29.3 Å². The molecule has 0 radical (unpaired) electrons. The molecular formula is C15H13Cl2F2N. The minimum Gasteiger partial charge on any atom is -0.309 e. The molecule has 0 bridgehead atoms. The Hall–Kier alpha value is -1.16. The van der Waals surface area contributed by atoms with E-state index in [0.717, 1.165) is 0 Å². The van der Waals surface area contributed by atoms with E-state index in [1.165, 1.54) is 12.1 Å². The predicted octanol–water partition coefficient (Wildman–Crippen LogP) is 4.89. The van der Waals surface area contributed by atoms with E-state index in [2.05, 4.69) is 5.32 Å². The summed E-state index contributed by atoms with van der Waals surface area (Å²) in [4.78, 5) is 0. The van der Waals surface area contributed by atoms with Crippen LogP contribution in [0.2, 0.25) is 10.0 Å². The monoisotopic (exact) mass is 315 g/mol. The second kappa shape index (κ2) is 6.08. The zero-order valence-electron chi connectivity index (χ0n) is 11.0. The smallest absolute Gasteiger partial charge is 0.129 e. The second-order valence-corrected chi connectivity index (χ2v) is 5.35. The first kappa shape index (κ1) is 15.2. The highest BCUT2D eigenvalue weighted by molar-refractivity contribution is 6.31. The van der Waals surface area contributed by atoms with Gasteiger partial charge in [-0.15, -0.1) is 0 Å². The van der Waals surface area contributed by atoms with E-state index in [1.54, 1.807) is 32.2 Å². The third kappa shape index (κ3) is 2.95. The van der Waals surface area contributed by atoms with Crippen molar-refractivity contribution in [2.75, 3.05) is 7.05 Å². The van der Waals surface area contributed by atoms with Gasteiger partial charge in [-0.25, -0.2) is 8.78 Å². The number of halogens is 4. The van der Waals surface area contributed by atoms with Crippen molar-refractivity contribution < 1.29 is 8.78 Å². The van der Waals surface area contributed by atoms with E-state index in [9.17, 15) is 8.78 Å². The summed E-state index contributed by atoms with van der Waals surface area (Å²) in [6.45, 7) is 1.64. The Kier molecular flexibility index (Phi) is 4.63. The van der Waals surface area contributed by atoms with Crippen LogP contribution in [0.15, 0.2) is 30.3 Å². The molecule has 0 saturated heterocycles. The maximum atomic E-state index is 14.0. The van der Waals surface area contributed by atoms with Gasteiger partial charge in [-0.3, -0.25) is 0 Å². The highest BCUT2D eigenvalue weighted by Crippen LogP contribution is 2.32. The molecule has 1 atom stereocenters. The largest absolute Gasteiger partial charge is 0.309 e. The third-order valence-corrected chi connectivity index (χ3v) is 3.71. The molecule has 1 unspecified atom stereocenters. The molecule has 2 aromatic rings. The molecule has 2 rings (SSSR count). The van der Waals surface area contributed by atoms with Crippen LogP contribution >= 0.6 is 23.2 Å². The molecule has 0 aliphatic carbocycles. The molecule has 1 N–H and O–H groups in total. The summed E-state index contributed by atoms with van der Waals surface area (Å²) < 4.78 is 27.5. The maximum Gasteiger partial charge on any atom is 0.129 e. The van der Waals surface area contributed by atoms with Gasteiger partial charge in [0.1, 0.15) is 11.6 Å². The van der Waals surface area contributed by atoms with Crippen molar-refractivity contribution >= 4 is 23.2 Å². The number of benzene rings is 2.